The van der Waals surface area contributed by atoms with Gasteiger partial charge in [0.05, 0.1) is 18.8 Å². The number of phenolic OH excluding ortho intramolecular Hbond substituents is 1. The topological polar surface area (TPSA) is 195 Å². The van der Waals surface area contributed by atoms with Gasteiger partial charge in [0.25, 0.3) is 11.8 Å². The van der Waals surface area contributed by atoms with Gasteiger partial charge in [-0.1, -0.05) is 24.3 Å². The first-order chi connectivity index (χ1) is 25.9. The molecule has 17 heteroatoms. The summed E-state index contributed by atoms with van der Waals surface area (Å²) in [5.41, 5.74) is 1.69. The van der Waals surface area contributed by atoms with Crippen LogP contribution >= 0.6 is 0 Å². The minimum absolute atomic E-state index is 0.0259. The van der Waals surface area contributed by atoms with Gasteiger partial charge >= 0.3 is 10.2 Å². The van der Waals surface area contributed by atoms with E-state index in [-0.39, 0.29) is 72.7 Å². The summed E-state index contributed by atoms with van der Waals surface area (Å²) in [5.74, 6) is -3.31. The molecular weight excluding hydrogens is 724 g/mol. The summed E-state index contributed by atoms with van der Waals surface area (Å²) in [6, 6.07) is 14.4. The molecule has 8 rings (SSSR count). The van der Waals surface area contributed by atoms with Gasteiger partial charge in [0.1, 0.15) is 36.4 Å². The highest BCUT2D eigenvalue weighted by Gasteiger charge is 2.41. The van der Waals surface area contributed by atoms with Crippen molar-refractivity contribution in [2.24, 2.45) is 0 Å². The maximum Gasteiger partial charge on any atom is 0.326 e. The number of nitrogens with zero attached hydrogens (tertiary/aromatic N) is 3. The van der Waals surface area contributed by atoms with Crippen LogP contribution in [0.25, 0.3) is 21.5 Å². The van der Waals surface area contributed by atoms with Crippen LogP contribution in [0.3, 0.4) is 0 Å². The minimum atomic E-state index is -4.35. The van der Waals surface area contributed by atoms with Crippen molar-refractivity contribution in [1.82, 2.24) is 20.3 Å². The third-order valence-electron chi connectivity index (χ3n) is 10.4. The van der Waals surface area contributed by atoms with Gasteiger partial charge in [-0.25, -0.2) is 13.4 Å². The highest BCUT2D eigenvalue weighted by atomic mass is 32.2. The summed E-state index contributed by atoms with van der Waals surface area (Å²) in [6.45, 7) is 1.13. The van der Waals surface area contributed by atoms with Crippen LogP contribution in [0.1, 0.15) is 47.5 Å². The van der Waals surface area contributed by atoms with Gasteiger partial charge in [-0.3, -0.25) is 39.1 Å². The van der Waals surface area contributed by atoms with Gasteiger partial charge in [-0.15, -0.1) is 0 Å². The molecule has 4 aromatic rings. The van der Waals surface area contributed by atoms with E-state index in [1.165, 1.54) is 23.1 Å². The average molecular weight is 759 g/mol. The lowest BCUT2D eigenvalue weighted by Gasteiger charge is -2.33. The predicted molar refractivity (Wildman–Crippen MR) is 194 cm³/mol. The van der Waals surface area contributed by atoms with E-state index in [0.717, 1.165) is 29.2 Å². The van der Waals surface area contributed by atoms with Gasteiger partial charge in [-0.05, 0) is 84.9 Å². The molecule has 0 spiro atoms. The van der Waals surface area contributed by atoms with E-state index in [4.69, 9.17) is 4.74 Å². The monoisotopic (exact) mass is 758 g/mol. The number of aromatic hydroxyl groups is 1. The predicted octanol–water partition coefficient (Wildman–Crippen LogP) is 2.16. The SMILES string of the molecule is O=C(CN1CCC(c2ccc3c4c(cccc24)C(=O)N3C2CCC(=O)NC2=O)CC1)NCCOc1ccc2cc(O)c(N3CC(=O)NS3(=O)=O)c(F)c2c1. The fourth-order valence-electron chi connectivity index (χ4n) is 7.92. The van der Waals surface area contributed by atoms with Crippen molar-refractivity contribution in [2.45, 2.75) is 37.6 Å². The smallest absolute Gasteiger partial charge is 0.326 e. The summed E-state index contributed by atoms with van der Waals surface area (Å²) in [4.78, 5) is 66.0. The molecule has 0 saturated carbocycles. The molecule has 5 amide bonds. The van der Waals surface area contributed by atoms with E-state index in [1.807, 2.05) is 24.3 Å². The number of ether oxygens (including phenoxy) is 1. The van der Waals surface area contributed by atoms with Crippen molar-refractivity contribution in [3.05, 3.63) is 71.5 Å². The first-order valence-electron chi connectivity index (χ1n) is 17.5. The van der Waals surface area contributed by atoms with E-state index >= 15 is 4.39 Å². The molecule has 0 bridgehead atoms. The highest BCUT2D eigenvalue weighted by molar-refractivity contribution is 7.92. The summed E-state index contributed by atoms with van der Waals surface area (Å²) in [7, 11) is -4.35. The molecule has 15 nitrogen and oxygen atoms in total. The molecule has 3 saturated heterocycles. The molecule has 0 aromatic heterocycles. The Labute approximate surface area is 308 Å². The second-order valence-corrected chi connectivity index (χ2v) is 15.4. The Hall–Kier alpha value is -5.81. The number of carbonyl (C=O) groups is 5. The number of piperidine rings is 2. The van der Waals surface area contributed by atoms with Crippen molar-refractivity contribution in [1.29, 1.82) is 0 Å². The van der Waals surface area contributed by atoms with Crippen LogP contribution in [0.4, 0.5) is 15.8 Å². The molecule has 1 unspecified atom stereocenters. The first-order valence-corrected chi connectivity index (χ1v) is 19.0. The molecule has 1 atom stereocenters. The number of amides is 5. The zero-order valence-corrected chi connectivity index (χ0v) is 29.6. The number of fused-ring (bicyclic) bond motifs is 1. The number of hydrogen-bond acceptors (Lipinski definition) is 10. The van der Waals surface area contributed by atoms with Crippen molar-refractivity contribution < 1.29 is 46.6 Å². The number of halogens is 1. The Morgan fingerprint density at radius 3 is 2.52 bits per heavy atom. The van der Waals surface area contributed by atoms with Crippen LogP contribution < -0.4 is 29.3 Å². The third-order valence-corrected chi connectivity index (χ3v) is 11.8. The van der Waals surface area contributed by atoms with Crippen molar-refractivity contribution >= 4 is 72.7 Å². The van der Waals surface area contributed by atoms with Crippen LogP contribution in [-0.2, 0) is 29.4 Å². The minimum Gasteiger partial charge on any atom is -0.506 e. The van der Waals surface area contributed by atoms with E-state index < -0.39 is 51.9 Å². The van der Waals surface area contributed by atoms with Crippen molar-refractivity contribution in [3.8, 4) is 11.5 Å². The summed E-state index contributed by atoms with van der Waals surface area (Å²) < 4.78 is 48.0. The Morgan fingerprint density at radius 2 is 1.78 bits per heavy atom. The van der Waals surface area contributed by atoms with E-state index in [0.29, 0.717) is 28.6 Å². The number of nitrogens with one attached hydrogen (secondary N) is 3. The number of anilines is 2. The van der Waals surface area contributed by atoms with Gasteiger partial charge < -0.3 is 15.2 Å². The lowest BCUT2D eigenvalue weighted by Crippen LogP contribution is -2.53. The lowest BCUT2D eigenvalue weighted by molar-refractivity contribution is -0.134. The number of carbonyl (C=O) groups excluding carboxylic acids is 5. The van der Waals surface area contributed by atoms with Crippen molar-refractivity contribution in [3.63, 3.8) is 0 Å². The normalized spacial score (nSPS) is 20.1. The molecule has 4 aliphatic rings. The van der Waals surface area contributed by atoms with Crippen molar-refractivity contribution in [2.75, 3.05) is 48.5 Å². The Balaban J connectivity index is 0.852. The zero-order valence-electron chi connectivity index (χ0n) is 28.8. The number of likely N-dealkylation sites (tertiary alicyclic amines) is 1. The van der Waals surface area contributed by atoms with Gasteiger partial charge in [0.2, 0.25) is 17.7 Å². The average Bonchev–Trinajstić information content (AvgIpc) is 3.58. The van der Waals surface area contributed by atoms with Crippen LogP contribution in [0.5, 0.6) is 11.5 Å². The van der Waals surface area contributed by atoms with Crippen LogP contribution in [0.2, 0.25) is 0 Å². The lowest BCUT2D eigenvalue weighted by atomic mass is 9.85. The standard InChI is InChI=1S/C37H35FN6O9S/c38-34-26-17-22(5-4-21(26)16-29(45)35(34)43-19-32(48)41-54(43,51)52)53-15-12-39-31(47)18-42-13-10-20(11-14-42)23-6-7-27-33-24(23)2-1-3-25(33)37(50)44(27)28-8-9-30(46)40-36(28)49/h1-7,16-17,20,28,45H,8-15,18-19H2,(H,39,47)(H,41,48)(H,40,46,49). The van der Waals surface area contributed by atoms with E-state index in [2.05, 4.69) is 15.5 Å². The molecule has 280 valence electrons. The number of hydrogen-bond donors (Lipinski definition) is 4. The zero-order chi connectivity index (χ0) is 37.9. The maximum atomic E-state index is 15.5. The summed E-state index contributed by atoms with van der Waals surface area (Å²) in [5, 5.41) is 17.6. The maximum absolute atomic E-state index is 15.5. The first kappa shape index (κ1) is 35.2. The summed E-state index contributed by atoms with van der Waals surface area (Å²) in [6.07, 6.45) is 2.04. The Kier molecular flexibility index (Phi) is 8.84. The molecular formula is C37H35FN6O9S. The quantitative estimate of drug-likeness (QED) is 0.145. The molecule has 4 aromatic carbocycles. The molecule has 4 aliphatic heterocycles. The number of imide groups is 1. The van der Waals surface area contributed by atoms with E-state index in [9.17, 15) is 37.5 Å². The molecule has 54 heavy (non-hydrogen) atoms. The van der Waals surface area contributed by atoms with Crippen LogP contribution in [0.15, 0.2) is 54.6 Å². The fourth-order valence-corrected chi connectivity index (χ4v) is 9.09. The van der Waals surface area contributed by atoms with Gasteiger partial charge in [-0.2, -0.15) is 8.42 Å². The van der Waals surface area contributed by atoms with Gasteiger partial charge in [0.15, 0.2) is 5.82 Å². The largest absolute Gasteiger partial charge is 0.506 e. The van der Waals surface area contributed by atoms with Crippen LogP contribution in [-0.4, -0.2) is 93.3 Å². The molecule has 4 N–H and O–H groups in total. The molecule has 0 radical (unpaired) electrons. The van der Waals surface area contributed by atoms with Gasteiger partial charge in [0, 0.05) is 22.8 Å². The second-order valence-electron chi connectivity index (χ2n) is 13.8. The molecule has 4 heterocycles. The van der Waals surface area contributed by atoms with Crippen LogP contribution in [0, 0.1) is 5.82 Å². The molecule has 3 fully saturated rings. The number of rotatable bonds is 9. The second kappa shape index (κ2) is 13.6. The number of phenols is 1. The fraction of sp³-hybridized carbons (Fsp3) is 0.324. The van der Waals surface area contributed by atoms with E-state index in [1.54, 1.807) is 16.9 Å². The number of benzene rings is 4. The third kappa shape index (κ3) is 6.22. The Bertz CT molecular complexity index is 2400. The summed E-state index contributed by atoms with van der Waals surface area (Å²) >= 11 is 0. The highest BCUT2D eigenvalue weighted by Crippen LogP contribution is 2.44. The Morgan fingerprint density at radius 1 is 0.981 bits per heavy atom. The molecule has 0 aliphatic carbocycles.